The van der Waals surface area contributed by atoms with E-state index in [9.17, 15) is 9.59 Å². The number of ether oxygens (including phenoxy) is 2. The summed E-state index contributed by atoms with van der Waals surface area (Å²) in [6.45, 7) is 2.57. The molecule has 6 nitrogen and oxygen atoms in total. The summed E-state index contributed by atoms with van der Waals surface area (Å²) in [6.07, 6.45) is 4.77. The molecule has 1 amide bonds. The van der Waals surface area contributed by atoms with Gasteiger partial charge >= 0.3 is 5.97 Å². The van der Waals surface area contributed by atoms with Crippen molar-refractivity contribution in [2.45, 2.75) is 38.6 Å². The molecule has 0 unspecified atom stereocenters. The van der Waals surface area contributed by atoms with E-state index in [1.165, 1.54) is 0 Å². The molecule has 0 N–H and O–H groups in total. The van der Waals surface area contributed by atoms with Crippen LogP contribution in [0.5, 0.6) is 5.75 Å². The molecule has 0 radical (unpaired) electrons. The molecule has 6 heteroatoms. The van der Waals surface area contributed by atoms with Crippen LogP contribution in [0.2, 0.25) is 0 Å². The van der Waals surface area contributed by atoms with Crippen molar-refractivity contribution < 1.29 is 23.5 Å². The summed E-state index contributed by atoms with van der Waals surface area (Å²) < 4.78 is 15.8. The van der Waals surface area contributed by atoms with Crippen LogP contribution in [0.15, 0.2) is 28.9 Å². The van der Waals surface area contributed by atoms with E-state index in [2.05, 4.69) is 0 Å². The summed E-state index contributed by atoms with van der Waals surface area (Å²) in [5, 5.41) is 0.841. The smallest absolute Gasteiger partial charge is 0.310 e. The van der Waals surface area contributed by atoms with E-state index in [0.29, 0.717) is 11.3 Å². The molecule has 0 saturated carbocycles. The Bertz CT molecular complexity index is 766. The second-order valence-electron chi connectivity index (χ2n) is 6.39. The molecule has 1 aromatic carbocycles. The Morgan fingerprint density at radius 1 is 1.32 bits per heavy atom. The molecule has 1 fully saturated rings. The summed E-state index contributed by atoms with van der Waals surface area (Å²) in [5.41, 5.74) is 1.39. The van der Waals surface area contributed by atoms with Crippen LogP contribution in [0.3, 0.4) is 0 Å². The molecule has 1 aliphatic rings. The lowest BCUT2D eigenvalue weighted by Gasteiger charge is -2.33. The van der Waals surface area contributed by atoms with Crippen LogP contribution in [-0.4, -0.2) is 43.1 Å². The van der Waals surface area contributed by atoms with E-state index >= 15 is 0 Å². The van der Waals surface area contributed by atoms with Gasteiger partial charge in [-0.1, -0.05) is 0 Å². The van der Waals surface area contributed by atoms with Crippen molar-refractivity contribution in [1.82, 2.24) is 4.90 Å². The molecular weight excluding hydrogens is 322 g/mol. The van der Waals surface area contributed by atoms with Gasteiger partial charge in [0.05, 0.1) is 19.8 Å². The number of carbonyl (C=O) groups is 2. The van der Waals surface area contributed by atoms with Crippen molar-refractivity contribution in [2.24, 2.45) is 0 Å². The minimum absolute atomic E-state index is 0.0716. The summed E-state index contributed by atoms with van der Waals surface area (Å²) in [6, 6.07) is 5.65. The maximum atomic E-state index is 12.2. The fraction of sp³-hybridized carbons (Fsp3) is 0.474. The van der Waals surface area contributed by atoms with Crippen LogP contribution in [0, 0.1) is 0 Å². The predicted octanol–water partition coefficient (Wildman–Crippen LogP) is 2.93. The quantitative estimate of drug-likeness (QED) is 0.779. The Labute approximate surface area is 146 Å². The number of benzene rings is 1. The second kappa shape index (κ2) is 7.59. The first kappa shape index (κ1) is 17.3. The van der Waals surface area contributed by atoms with Gasteiger partial charge in [-0.05, 0) is 38.3 Å². The van der Waals surface area contributed by atoms with Crippen molar-refractivity contribution in [3.63, 3.8) is 0 Å². The Morgan fingerprint density at radius 2 is 2.16 bits per heavy atom. The number of likely N-dealkylation sites (tertiary alicyclic amines) is 1. The van der Waals surface area contributed by atoms with Gasteiger partial charge < -0.3 is 18.8 Å². The van der Waals surface area contributed by atoms with Crippen molar-refractivity contribution >= 4 is 22.8 Å². The SMILES string of the molecule is COc1ccc2c(CC(=O)OCC(=O)N3CCCC[C@H]3C)coc2c1. The average molecular weight is 345 g/mol. The summed E-state index contributed by atoms with van der Waals surface area (Å²) in [5.74, 6) is 0.135. The topological polar surface area (TPSA) is 69.0 Å². The van der Waals surface area contributed by atoms with Crippen molar-refractivity contribution in [3.8, 4) is 5.75 Å². The molecule has 1 aromatic heterocycles. The number of nitrogens with zero attached hydrogens (tertiary/aromatic N) is 1. The molecule has 2 heterocycles. The summed E-state index contributed by atoms with van der Waals surface area (Å²) in [4.78, 5) is 26.1. The Kier molecular flexibility index (Phi) is 5.26. The normalized spacial score (nSPS) is 17.5. The third kappa shape index (κ3) is 3.95. The van der Waals surface area contributed by atoms with Gasteiger partial charge in [-0.15, -0.1) is 0 Å². The Hall–Kier alpha value is -2.50. The zero-order chi connectivity index (χ0) is 17.8. The van der Waals surface area contributed by atoms with Crippen molar-refractivity contribution in [1.29, 1.82) is 0 Å². The highest BCUT2D eigenvalue weighted by molar-refractivity contribution is 5.87. The first-order valence-corrected chi connectivity index (χ1v) is 8.57. The molecule has 134 valence electrons. The lowest BCUT2D eigenvalue weighted by atomic mass is 10.0. The van der Waals surface area contributed by atoms with E-state index in [-0.39, 0.29) is 25.0 Å². The van der Waals surface area contributed by atoms with Crippen LogP contribution in [0.1, 0.15) is 31.7 Å². The Balaban J connectivity index is 1.56. The van der Waals surface area contributed by atoms with Gasteiger partial charge in [0.1, 0.15) is 11.3 Å². The number of amides is 1. The maximum absolute atomic E-state index is 12.2. The molecule has 3 rings (SSSR count). The fourth-order valence-electron chi connectivity index (χ4n) is 3.23. The number of hydrogen-bond donors (Lipinski definition) is 0. The highest BCUT2D eigenvalue weighted by atomic mass is 16.5. The van der Waals surface area contributed by atoms with E-state index < -0.39 is 5.97 Å². The predicted molar refractivity (Wildman–Crippen MR) is 92.5 cm³/mol. The minimum atomic E-state index is -0.434. The van der Waals surface area contributed by atoms with Gasteiger partial charge in [0.25, 0.3) is 5.91 Å². The minimum Gasteiger partial charge on any atom is -0.497 e. The highest BCUT2D eigenvalue weighted by Gasteiger charge is 2.24. The number of fused-ring (bicyclic) bond motifs is 1. The third-order valence-electron chi connectivity index (χ3n) is 4.68. The van der Waals surface area contributed by atoms with Gasteiger partial charge in [-0.2, -0.15) is 0 Å². The van der Waals surface area contributed by atoms with E-state index in [4.69, 9.17) is 13.9 Å². The summed E-state index contributed by atoms with van der Waals surface area (Å²) in [7, 11) is 1.59. The van der Waals surface area contributed by atoms with Gasteiger partial charge in [0.2, 0.25) is 0 Å². The lowest BCUT2D eigenvalue weighted by Crippen LogP contribution is -2.44. The molecule has 0 bridgehead atoms. The van der Waals surface area contributed by atoms with Gasteiger partial charge in [0.15, 0.2) is 6.61 Å². The number of esters is 1. The average Bonchev–Trinajstić information content (AvgIpc) is 3.02. The molecule has 25 heavy (non-hydrogen) atoms. The molecule has 1 aliphatic heterocycles. The third-order valence-corrected chi connectivity index (χ3v) is 4.68. The number of methoxy groups -OCH3 is 1. The molecule has 2 aromatic rings. The highest BCUT2D eigenvalue weighted by Crippen LogP contribution is 2.26. The van der Waals surface area contributed by atoms with E-state index in [1.54, 1.807) is 24.3 Å². The fourth-order valence-corrected chi connectivity index (χ4v) is 3.23. The maximum Gasteiger partial charge on any atom is 0.310 e. The zero-order valence-corrected chi connectivity index (χ0v) is 14.6. The Morgan fingerprint density at radius 3 is 2.92 bits per heavy atom. The van der Waals surface area contributed by atoms with Crippen molar-refractivity contribution in [2.75, 3.05) is 20.3 Å². The molecule has 0 spiro atoms. The van der Waals surface area contributed by atoms with Crippen LogP contribution in [-0.2, 0) is 20.7 Å². The molecule has 0 aliphatic carbocycles. The molecular formula is C19H23NO5. The van der Waals surface area contributed by atoms with Gasteiger partial charge in [-0.3, -0.25) is 9.59 Å². The number of hydrogen-bond acceptors (Lipinski definition) is 5. The second-order valence-corrected chi connectivity index (χ2v) is 6.39. The lowest BCUT2D eigenvalue weighted by molar-refractivity contribution is -0.152. The first-order chi connectivity index (χ1) is 12.1. The van der Waals surface area contributed by atoms with Crippen LogP contribution in [0.25, 0.3) is 11.0 Å². The standard InChI is InChI=1S/C19H23NO5/c1-13-5-3-4-8-20(13)18(21)12-25-19(22)9-14-11-24-17-10-15(23-2)6-7-16(14)17/h6-7,10-11,13H,3-5,8-9,12H2,1-2H3/t13-/m1/s1. The van der Waals surface area contributed by atoms with Crippen LogP contribution < -0.4 is 4.74 Å². The number of carbonyl (C=O) groups excluding carboxylic acids is 2. The zero-order valence-electron chi connectivity index (χ0n) is 14.6. The number of piperidine rings is 1. The summed E-state index contributed by atoms with van der Waals surface area (Å²) >= 11 is 0. The van der Waals surface area contributed by atoms with Crippen LogP contribution in [0.4, 0.5) is 0 Å². The molecule has 1 saturated heterocycles. The molecule has 1 atom stereocenters. The number of rotatable bonds is 5. The van der Waals surface area contributed by atoms with Crippen LogP contribution >= 0.6 is 0 Å². The van der Waals surface area contributed by atoms with Gasteiger partial charge in [-0.25, -0.2) is 0 Å². The van der Waals surface area contributed by atoms with Gasteiger partial charge in [0, 0.05) is 29.6 Å². The van der Waals surface area contributed by atoms with E-state index in [1.807, 2.05) is 19.1 Å². The number of furan rings is 1. The first-order valence-electron chi connectivity index (χ1n) is 8.57. The van der Waals surface area contributed by atoms with E-state index in [0.717, 1.165) is 36.8 Å². The van der Waals surface area contributed by atoms with Crippen molar-refractivity contribution in [3.05, 3.63) is 30.0 Å². The largest absolute Gasteiger partial charge is 0.497 e. The monoisotopic (exact) mass is 345 g/mol.